The number of esters is 1. The summed E-state index contributed by atoms with van der Waals surface area (Å²) >= 11 is 0. The number of carbonyl (C=O) groups is 2. The lowest BCUT2D eigenvalue weighted by atomic mass is 10.2. The van der Waals surface area contributed by atoms with Gasteiger partial charge in [0.15, 0.2) is 6.61 Å². The Hall–Kier alpha value is -2.97. The molecule has 134 valence electrons. The third-order valence-electron chi connectivity index (χ3n) is 3.01. The lowest BCUT2D eigenvalue weighted by Gasteiger charge is -2.12. The molecule has 0 aliphatic rings. The van der Waals surface area contributed by atoms with E-state index in [1.807, 2.05) is 0 Å². The molecule has 0 aliphatic heterocycles. The van der Waals surface area contributed by atoms with Gasteiger partial charge in [0.25, 0.3) is 5.91 Å². The van der Waals surface area contributed by atoms with E-state index in [0.717, 1.165) is 24.3 Å². The number of hydrogen-bond acceptors (Lipinski definition) is 5. The molecule has 1 amide bonds. The molecule has 0 unspecified atom stereocenters. The van der Waals surface area contributed by atoms with Crippen LogP contribution in [0.2, 0.25) is 0 Å². The van der Waals surface area contributed by atoms with Crippen LogP contribution in [0.3, 0.4) is 0 Å². The molecule has 6 nitrogen and oxygen atoms in total. The summed E-state index contributed by atoms with van der Waals surface area (Å²) in [6.07, 6.45) is -3.35. The van der Waals surface area contributed by atoms with Gasteiger partial charge in [0.05, 0.1) is 17.9 Å². The van der Waals surface area contributed by atoms with Crippen LogP contribution in [0.15, 0.2) is 47.1 Å². The minimum atomic E-state index is -4.81. The molecule has 2 aromatic rings. The van der Waals surface area contributed by atoms with Crippen molar-refractivity contribution in [3.05, 3.63) is 54.0 Å². The van der Waals surface area contributed by atoms with Gasteiger partial charge in [0, 0.05) is 0 Å². The van der Waals surface area contributed by atoms with Gasteiger partial charge >= 0.3 is 12.3 Å². The summed E-state index contributed by atoms with van der Waals surface area (Å²) in [6, 6.07) is 7.11. The molecule has 9 heteroatoms. The number of rotatable bonds is 6. The monoisotopic (exact) mass is 357 g/mol. The summed E-state index contributed by atoms with van der Waals surface area (Å²) in [7, 11) is 0. The van der Waals surface area contributed by atoms with Crippen LogP contribution in [0.25, 0.3) is 0 Å². The van der Waals surface area contributed by atoms with Crippen molar-refractivity contribution in [3.63, 3.8) is 0 Å². The van der Waals surface area contributed by atoms with Crippen molar-refractivity contribution in [2.24, 2.45) is 0 Å². The minimum absolute atomic E-state index is 0.0126. The van der Waals surface area contributed by atoms with E-state index >= 15 is 0 Å². The molecule has 0 fully saturated rings. The van der Waals surface area contributed by atoms with Gasteiger partial charge in [-0.2, -0.15) is 0 Å². The van der Waals surface area contributed by atoms with Gasteiger partial charge in [-0.05, 0) is 43.3 Å². The van der Waals surface area contributed by atoms with Crippen LogP contribution in [0.1, 0.15) is 29.1 Å². The molecule has 0 spiro atoms. The second-order valence-corrected chi connectivity index (χ2v) is 4.95. The number of benzene rings is 1. The van der Waals surface area contributed by atoms with Crippen LogP contribution in [0.4, 0.5) is 13.2 Å². The zero-order valence-corrected chi connectivity index (χ0v) is 13.0. The highest BCUT2D eigenvalue weighted by atomic mass is 19.4. The first-order valence-electron chi connectivity index (χ1n) is 7.10. The first-order chi connectivity index (χ1) is 11.7. The molecule has 1 N–H and O–H groups in total. The van der Waals surface area contributed by atoms with Gasteiger partial charge in [-0.25, -0.2) is 4.79 Å². The van der Waals surface area contributed by atoms with Gasteiger partial charge in [-0.3, -0.25) is 4.79 Å². The van der Waals surface area contributed by atoms with Crippen molar-refractivity contribution in [2.45, 2.75) is 19.3 Å². The SMILES string of the molecule is C[C@H](NC(=O)COC(=O)c1ccc(OC(F)(F)F)cc1)c1ccco1. The van der Waals surface area contributed by atoms with Crippen LogP contribution < -0.4 is 10.1 Å². The van der Waals surface area contributed by atoms with Crippen molar-refractivity contribution in [2.75, 3.05) is 6.61 Å². The maximum Gasteiger partial charge on any atom is 0.573 e. The summed E-state index contributed by atoms with van der Waals surface area (Å²) in [5, 5.41) is 2.57. The Morgan fingerprint density at radius 1 is 1.20 bits per heavy atom. The Labute approximate surface area is 140 Å². The fraction of sp³-hybridized carbons (Fsp3) is 0.250. The number of halogens is 3. The highest BCUT2D eigenvalue weighted by molar-refractivity contribution is 5.91. The minimum Gasteiger partial charge on any atom is -0.467 e. The van der Waals surface area contributed by atoms with E-state index in [9.17, 15) is 22.8 Å². The molecule has 0 saturated heterocycles. The topological polar surface area (TPSA) is 77.8 Å². The van der Waals surface area contributed by atoms with Gasteiger partial charge < -0.3 is 19.2 Å². The first-order valence-corrected chi connectivity index (χ1v) is 7.10. The van der Waals surface area contributed by atoms with Crippen molar-refractivity contribution in [3.8, 4) is 5.75 Å². The number of furan rings is 1. The molecule has 0 aliphatic carbocycles. The summed E-state index contributed by atoms with van der Waals surface area (Å²) in [4.78, 5) is 23.5. The van der Waals surface area contributed by atoms with Crippen molar-refractivity contribution in [1.29, 1.82) is 0 Å². The standard InChI is InChI=1S/C16H14F3NO5/c1-10(13-3-2-8-23-13)20-14(21)9-24-15(22)11-4-6-12(7-5-11)25-16(17,18)19/h2-8,10H,9H2,1H3,(H,20,21)/t10-/m0/s1. The molecule has 1 heterocycles. The lowest BCUT2D eigenvalue weighted by Crippen LogP contribution is -2.31. The number of carbonyl (C=O) groups excluding carboxylic acids is 2. The second-order valence-electron chi connectivity index (χ2n) is 4.95. The van der Waals surface area contributed by atoms with Crippen LogP contribution in [-0.4, -0.2) is 24.8 Å². The fourth-order valence-electron chi connectivity index (χ4n) is 1.90. The van der Waals surface area contributed by atoms with E-state index in [1.165, 1.54) is 6.26 Å². The van der Waals surface area contributed by atoms with Gasteiger partial charge in [0.1, 0.15) is 11.5 Å². The Balaban J connectivity index is 1.82. The summed E-state index contributed by atoms with van der Waals surface area (Å²) < 4.78 is 49.8. The Morgan fingerprint density at radius 3 is 2.44 bits per heavy atom. The van der Waals surface area contributed by atoms with E-state index < -0.39 is 36.6 Å². The predicted octanol–water partition coefficient (Wildman–Crippen LogP) is 3.21. The summed E-state index contributed by atoms with van der Waals surface area (Å²) in [5.41, 5.74) is -0.0126. The number of ether oxygens (including phenoxy) is 2. The first kappa shape index (κ1) is 18.4. The third-order valence-corrected chi connectivity index (χ3v) is 3.01. The maximum absolute atomic E-state index is 12.1. The Morgan fingerprint density at radius 2 is 1.88 bits per heavy atom. The van der Waals surface area contributed by atoms with Crippen molar-refractivity contribution >= 4 is 11.9 Å². The van der Waals surface area contributed by atoms with Crippen molar-refractivity contribution < 1.29 is 36.7 Å². The molecule has 0 bridgehead atoms. The van der Waals surface area contributed by atoms with E-state index in [1.54, 1.807) is 19.1 Å². The zero-order chi connectivity index (χ0) is 18.4. The van der Waals surface area contributed by atoms with Gasteiger partial charge in [-0.1, -0.05) is 0 Å². The quantitative estimate of drug-likeness (QED) is 0.804. The second kappa shape index (κ2) is 7.73. The van der Waals surface area contributed by atoms with E-state index in [0.29, 0.717) is 5.76 Å². The van der Waals surface area contributed by atoms with Crippen LogP contribution >= 0.6 is 0 Å². The van der Waals surface area contributed by atoms with Crippen LogP contribution in [-0.2, 0) is 9.53 Å². The largest absolute Gasteiger partial charge is 0.573 e. The van der Waals surface area contributed by atoms with Gasteiger partial charge in [-0.15, -0.1) is 13.2 Å². The van der Waals surface area contributed by atoms with Crippen molar-refractivity contribution in [1.82, 2.24) is 5.32 Å². The maximum atomic E-state index is 12.1. The molecule has 1 aromatic carbocycles. The molecule has 1 atom stereocenters. The summed E-state index contributed by atoms with van der Waals surface area (Å²) in [6.45, 7) is 1.16. The average molecular weight is 357 g/mol. The molecular formula is C16H14F3NO5. The number of alkyl halides is 3. The number of amides is 1. The molecular weight excluding hydrogens is 343 g/mol. The lowest BCUT2D eigenvalue weighted by molar-refractivity contribution is -0.274. The molecule has 0 saturated carbocycles. The predicted molar refractivity (Wildman–Crippen MR) is 78.7 cm³/mol. The normalized spacial score (nSPS) is 12.3. The third kappa shape index (κ3) is 5.87. The smallest absolute Gasteiger partial charge is 0.467 e. The Kier molecular flexibility index (Phi) is 5.68. The van der Waals surface area contributed by atoms with Crippen LogP contribution in [0.5, 0.6) is 5.75 Å². The Bertz CT molecular complexity index is 710. The van der Waals surface area contributed by atoms with Gasteiger partial charge in [0.2, 0.25) is 0 Å². The molecule has 25 heavy (non-hydrogen) atoms. The highest BCUT2D eigenvalue weighted by Crippen LogP contribution is 2.22. The van der Waals surface area contributed by atoms with E-state index in [4.69, 9.17) is 9.15 Å². The van der Waals surface area contributed by atoms with E-state index in [-0.39, 0.29) is 5.56 Å². The molecule has 0 radical (unpaired) electrons. The average Bonchev–Trinajstić information content (AvgIpc) is 3.06. The molecule has 2 rings (SSSR count). The highest BCUT2D eigenvalue weighted by Gasteiger charge is 2.31. The summed E-state index contributed by atoms with van der Waals surface area (Å²) in [5.74, 6) is -1.32. The number of nitrogens with one attached hydrogen (secondary N) is 1. The van der Waals surface area contributed by atoms with Crippen LogP contribution in [0, 0.1) is 0 Å². The fourth-order valence-corrected chi connectivity index (χ4v) is 1.90. The number of hydrogen-bond donors (Lipinski definition) is 1. The zero-order valence-electron chi connectivity index (χ0n) is 13.0. The molecule has 1 aromatic heterocycles. The van der Waals surface area contributed by atoms with E-state index in [2.05, 4.69) is 10.1 Å².